The van der Waals surface area contributed by atoms with E-state index < -0.39 is 0 Å². The molecular weight excluding hydrogens is 274 g/mol. The predicted octanol–water partition coefficient (Wildman–Crippen LogP) is 5.18. The maximum atomic E-state index is 6.63. The smallest absolute Gasteiger partial charge is 0.0651 e. The van der Waals surface area contributed by atoms with Crippen LogP contribution < -0.4 is 5.73 Å². The second-order valence-corrected chi connectivity index (χ2v) is 6.95. The van der Waals surface area contributed by atoms with Crippen molar-refractivity contribution < 1.29 is 0 Å². The van der Waals surface area contributed by atoms with Crippen LogP contribution in [0.15, 0.2) is 36.4 Å². The number of fused-ring (bicyclic) bond motifs is 1. The largest absolute Gasteiger partial charge is 0.320 e. The molecule has 1 unspecified atom stereocenters. The Morgan fingerprint density at radius 3 is 2.14 bits per heavy atom. The lowest BCUT2D eigenvalue weighted by Gasteiger charge is -2.20. The first-order valence-corrected chi connectivity index (χ1v) is 8.12. The molecular formula is C19H21NS. The Morgan fingerprint density at radius 2 is 1.52 bits per heavy atom. The number of hydrogen-bond acceptors (Lipinski definition) is 2. The van der Waals surface area contributed by atoms with Gasteiger partial charge >= 0.3 is 0 Å². The average molecular weight is 295 g/mol. The number of benzene rings is 2. The molecule has 0 aliphatic rings. The Hall–Kier alpha value is -1.64. The van der Waals surface area contributed by atoms with E-state index in [1.165, 1.54) is 42.8 Å². The van der Waals surface area contributed by atoms with E-state index in [1.54, 1.807) is 11.3 Å². The van der Waals surface area contributed by atoms with Crippen molar-refractivity contribution >= 4 is 21.4 Å². The summed E-state index contributed by atoms with van der Waals surface area (Å²) in [6.45, 7) is 8.71. The van der Waals surface area contributed by atoms with Gasteiger partial charge in [-0.05, 0) is 73.0 Å². The van der Waals surface area contributed by atoms with Crippen molar-refractivity contribution in [2.75, 3.05) is 0 Å². The lowest BCUT2D eigenvalue weighted by atomic mass is 9.89. The fourth-order valence-electron chi connectivity index (χ4n) is 3.01. The summed E-state index contributed by atoms with van der Waals surface area (Å²) >= 11 is 1.80. The first-order valence-electron chi connectivity index (χ1n) is 7.30. The van der Waals surface area contributed by atoms with Crippen molar-refractivity contribution in [3.8, 4) is 0 Å². The van der Waals surface area contributed by atoms with Gasteiger partial charge in [0.25, 0.3) is 0 Å². The Labute approximate surface area is 130 Å². The molecule has 0 radical (unpaired) electrons. The van der Waals surface area contributed by atoms with Crippen LogP contribution in [0, 0.1) is 27.7 Å². The van der Waals surface area contributed by atoms with Crippen molar-refractivity contribution in [3.63, 3.8) is 0 Å². The molecule has 1 nitrogen and oxygen atoms in total. The Bertz CT molecular complexity index is 755. The van der Waals surface area contributed by atoms with Gasteiger partial charge < -0.3 is 5.73 Å². The summed E-state index contributed by atoms with van der Waals surface area (Å²) in [6, 6.07) is 12.9. The average Bonchev–Trinajstić information content (AvgIpc) is 2.89. The van der Waals surface area contributed by atoms with E-state index in [9.17, 15) is 0 Å². The number of nitrogens with two attached hydrogens (primary N) is 1. The standard InChI is InChI=1S/C19H21NS/c1-11-9-12(2)14(4)18(13(11)3)19(20)17-10-15-7-5-6-8-16(15)21-17/h5-10,19H,20H2,1-4H3. The van der Waals surface area contributed by atoms with Gasteiger partial charge in [0.15, 0.2) is 0 Å². The minimum atomic E-state index is -0.0407. The molecule has 108 valence electrons. The van der Waals surface area contributed by atoms with Gasteiger partial charge in [0.1, 0.15) is 0 Å². The molecule has 0 spiro atoms. The summed E-state index contributed by atoms with van der Waals surface area (Å²) in [4.78, 5) is 1.24. The first kappa shape index (κ1) is 14.3. The predicted molar refractivity (Wildman–Crippen MR) is 93.2 cm³/mol. The van der Waals surface area contributed by atoms with Crippen LogP contribution in [0.5, 0.6) is 0 Å². The lowest BCUT2D eigenvalue weighted by molar-refractivity contribution is 0.865. The molecule has 0 aliphatic heterocycles. The number of hydrogen-bond donors (Lipinski definition) is 1. The minimum Gasteiger partial charge on any atom is -0.320 e. The zero-order valence-electron chi connectivity index (χ0n) is 13.0. The van der Waals surface area contributed by atoms with Crippen LogP contribution in [0.3, 0.4) is 0 Å². The number of rotatable bonds is 2. The maximum Gasteiger partial charge on any atom is 0.0651 e. The third-order valence-corrected chi connectivity index (χ3v) is 5.69. The Balaban J connectivity index is 2.16. The van der Waals surface area contributed by atoms with Crippen LogP contribution in [0.4, 0.5) is 0 Å². The van der Waals surface area contributed by atoms with E-state index in [4.69, 9.17) is 5.73 Å². The molecule has 1 heterocycles. The quantitative estimate of drug-likeness (QED) is 0.692. The number of thiophene rings is 1. The fraction of sp³-hybridized carbons (Fsp3) is 0.263. The van der Waals surface area contributed by atoms with Gasteiger partial charge in [0.2, 0.25) is 0 Å². The van der Waals surface area contributed by atoms with Crippen molar-refractivity contribution in [3.05, 3.63) is 69.1 Å². The molecule has 2 N–H and O–H groups in total. The Morgan fingerprint density at radius 1 is 0.905 bits per heavy atom. The van der Waals surface area contributed by atoms with E-state index in [0.29, 0.717) is 0 Å². The van der Waals surface area contributed by atoms with Crippen LogP contribution in [0.25, 0.3) is 10.1 Å². The zero-order chi connectivity index (χ0) is 15.1. The van der Waals surface area contributed by atoms with E-state index >= 15 is 0 Å². The third kappa shape index (κ3) is 2.39. The highest BCUT2D eigenvalue weighted by Crippen LogP contribution is 2.35. The van der Waals surface area contributed by atoms with E-state index in [-0.39, 0.29) is 6.04 Å². The summed E-state index contributed by atoms with van der Waals surface area (Å²) in [5.74, 6) is 0. The SMILES string of the molecule is Cc1cc(C)c(C)c(C(N)c2cc3ccccc3s2)c1C. The third-order valence-electron chi connectivity index (χ3n) is 4.49. The second kappa shape index (κ2) is 5.28. The van der Waals surface area contributed by atoms with E-state index in [2.05, 4.69) is 64.1 Å². The second-order valence-electron chi connectivity index (χ2n) is 5.84. The lowest BCUT2D eigenvalue weighted by Crippen LogP contribution is -2.15. The monoisotopic (exact) mass is 295 g/mol. The Kier molecular flexibility index (Phi) is 3.60. The summed E-state index contributed by atoms with van der Waals surface area (Å²) in [7, 11) is 0. The maximum absolute atomic E-state index is 6.63. The van der Waals surface area contributed by atoms with E-state index in [1.807, 2.05) is 0 Å². The van der Waals surface area contributed by atoms with Gasteiger partial charge in [0.05, 0.1) is 6.04 Å². The molecule has 0 fully saturated rings. The van der Waals surface area contributed by atoms with Crippen LogP contribution in [0.1, 0.15) is 38.7 Å². The molecule has 0 saturated heterocycles. The minimum absolute atomic E-state index is 0.0407. The van der Waals surface area contributed by atoms with Crippen LogP contribution in [-0.2, 0) is 0 Å². The molecule has 0 aliphatic carbocycles. The van der Waals surface area contributed by atoms with Crippen molar-refractivity contribution in [1.29, 1.82) is 0 Å². The molecule has 0 saturated carbocycles. The van der Waals surface area contributed by atoms with Gasteiger partial charge in [-0.3, -0.25) is 0 Å². The molecule has 0 bridgehead atoms. The topological polar surface area (TPSA) is 26.0 Å². The highest BCUT2D eigenvalue weighted by atomic mass is 32.1. The highest BCUT2D eigenvalue weighted by molar-refractivity contribution is 7.19. The highest BCUT2D eigenvalue weighted by Gasteiger charge is 2.18. The van der Waals surface area contributed by atoms with Crippen molar-refractivity contribution in [1.82, 2.24) is 0 Å². The summed E-state index contributed by atoms with van der Waals surface area (Å²) in [5, 5.41) is 1.28. The molecule has 0 amide bonds. The van der Waals surface area contributed by atoms with Crippen LogP contribution >= 0.6 is 11.3 Å². The van der Waals surface area contributed by atoms with Crippen molar-refractivity contribution in [2.24, 2.45) is 5.73 Å². The van der Waals surface area contributed by atoms with Gasteiger partial charge in [-0.25, -0.2) is 0 Å². The molecule has 3 aromatic rings. The fourth-order valence-corrected chi connectivity index (χ4v) is 4.09. The molecule has 1 atom stereocenters. The molecule has 3 rings (SSSR count). The zero-order valence-corrected chi connectivity index (χ0v) is 13.8. The summed E-state index contributed by atoms with van der Waals surface area (Å²) in [5.41, 5.74) is 13.2. The van der Waals surface area contributed by atoms with Gasteiger partial charge in [-0.2, -0.15) is 0 Å². The molecule has 2 heteroatoms. The van der Waals surface area contributed by atoms with Gasteiger partial charge in [-0.15, -0.1) is 11.3 Å². The number of aryl methyl sites for hydroxylation is 2. The van der Waals surface area contributed by atoms with Crippen molar-refractivity contribution in [2.45, 2.75) is 33.7 Å². The molecule has 21 heavy (non-hydrogen) atoms. The van der Waals surface area contributed by atoms with Gasteiger partial charge in [0, 0.05) is 9.58 Å². The summed E-state index contributed by atoms with van der Waals surface area (Å²) in [6.07, 6.45) is 0. The summed E-state index contributed by atoms with van der Waals surface area (Å²) < 4.78 is 1.31. The molecule has 1 aromatic heterocycles. The van der Waals surface area contributed by atoms with Crippen LogP contribution in [0.2, 0.25) is 0 Å². The normalized spacial score (nSPS) is 12.8. The first-order chi connectivity index (χ1) is 9.99. The van der Waals surface area contributed by atoms with E-state index in [0.717, 1.165) is 0 Å². The van der Waals surface area contributed by atoms with Crippen LogP contribution in [-0.4, -0.2) is 0 Å². The molecule has 2 aromatic carbocycles. The van der Waals surface area contributed by atoms with Gasteiger partial charge in [-0.1, -0.05) is 24.3 Å².